The SMILES string of the molecule is CCc1nc(C)c(C(=O)O)c(OC)n1. The maximum absolute atomic E-state index is 10.8. The van der Waals surface area contributed by atoms with Gasteiger partial charge in [-0.05, 0) is 6.92 Å². The third-order valence-electron chi connectivity index (χ3n) is 1.83. The van der Waals surface area contributed by atoms with Crippen molar-refractivity contribution in [2.75, 3.05) is 7.11 Å². The van der Waals surface area contributed by atoms with Gasteiger partial charge in [-0.3, -0.25) is 0 Å². The van der Waals surface area contributed by atoms with Gasteiger partial charge < -0.3 is 9.84 Å². The van der Waals surface area contributed by atoms with Gasteiger partial charge in [0, 0.05) is 6.42 Å². The van der Waals surface area contributed by atoms with Crippen molar-refractivity contribution in [2.24, 2.45) is 0 Å². The van der Waals surface area contributed by atoms with E-state index in [0.717, 1.165) is 0 Å². The first kappa shape index (κ1) is 10.4. The molecule has 76 valence electrons. The van der Waals surface area contributed by atoms with Crippen LogP contribution in [0.1, 0.15) is 28.8 Å². The average Bonchev–Trinajstić information content (AvgIpc) is 2.15. The second kappa shape index (κ2) is 4.04. The van der Waals surface area contributed by atoms with Crippen LogP contribution in [0, 0.1) is 6.92 Å². The third kappa shape index (κ3) is 1.81. The smallest absolute Gasteiger partial charge is 0.343 e. The molecular formula is C9H12N2O3. The number of carboxylic acids is 1. The Bertz CT molecular complexity index is 363. The molecule has 5 nitrogen and oxygen atoms in total. The predicted octanol–water partition coefficient (Wildman–Crippen LogP) is 1.05. The van der Waals surface area contributed by atoms with Gasteiger partial charge in [-0.2, -0.15) is 4.98 Å². The van der Waals surface area contributed by atoms with Crippen LogP contribution in [0.2, 0.25) is 0 Å². The van der Waals surface area contributed by atoms with Gasteiger partial charge >= 0.3 is 5.97 Å². The molecule has 0 saturated heterocycles. The van der Waals surface area contributed by atoms with Crippen LogP contribution >= 0.6 is 0 Å². The van der Waals surface area contributed by atoms with E-state index in [1.54, 1.807) is 6.92 Å². The number of carbonyl (C=O) groups is 1. The Labute approximate surface area is 81.8 Å². The standard InChI is InChI=1S/C9H12N2O3/c1-4-6-10-5(2)7(9(12)13)8(11-6)14-3/h4H2,1-3H3,(H,12,13). The molecule has 0 aliphatic heterocycles. The number of hydrogen-bond acceptors (Lipinski definition) is 4. The zero-order chi connectivity index (χ0) is 10.7. The van der Waals surface area contributed by atoms with Gasteiger partial charge in [-0.25, -0.2) is 9.78 Å². The molecule has 1 rings (SSSR count). The normalized spacial score (nSPS) is 9.93. The Morgan fingerprint density at radius 2 is 2.14 bits per heavy atom. The van der Waals surface area contributed by atoms with Gasteiger partial charge in [0.25, 0.3) is 0 Å². The molecule has 0 spiro atoms. The number of rotatable bonds is 3. The van der Waals surface area contributed by atoms with E-state index >= 15 is 0 Å². The fraction of sp³-hybridized carbons (Fsp3) is 0.444. The van der Waals surface area contributed by atoms with Gasteiger partial charge in [0.1, 0.15) is 11.4 Å². The molecule has 0 amide bonds. The fourth-order valence-electron chi connectivity index (χ4n) is 1.15. The van der Waals surface area contributed by atoms with E-state index in [1.165, 1.54) is 7.11 Å². The fourth-order valence-corrected chi connectivity index (χ4v) is 1.15. The van der Waals surface area contributed by atoms with Gasteiger partial charge in [0.2, 0.25) is 5.88 Å². The second-order valence-corrected chi connectivity index (χ2v) is 2.77. The van der Waals surface area contributed by atoms with Gasteiger partial charge in [-0.15, -0.1) is 0 Å². The Kier molecular flexibility index (Phi) is 3.01. The molecule has 0 aliphatic rings. The van der Waals surface area contributed by atoms with Crippen molar-refractivity contribution in [3.05, 3.63) is 17.1 Å². The van der Waals surface area contributed by atoms with Crippen LogP contribution < -0.4 is 4.74 Å². The molecule has 1 N–H and O–H groups in total. The highest BCUT2D eigenvalue weighted by Crippen LogP contribution is 2.18. The summed E-state index contributed by atoms with van der Waals surface area (Å²) in [7, 11) is 1.40. The summed E-state index contributed by atoms with van der Waals surface area (Å²) < 4.78 is 4.90. The van der Waals surface area contributed by atoms with Crippen molar-refractivity contribution in [1.29, 1.82) is 0 Å². The maximum atomic E-state index is 10.8. The van der Waals surface area contributed by atoms with E-state index in [0.29, 0.717) is 17.9 Å². The van der Waals surface area contributed by atoms with E-state index in [9.17, 15) is 4.79 Å². The van der Waals surface area contributed by atoms with E-state index in [-0.39, 0.29) is 11.4 Å². The lowest BCUT2D eigenvalue weighted by Gasteiger charge is -2.07. The minimum atomic E-state index is -1.07. The number of aromatic carboxylic acids is 1. The molecule has 1 heterocycles. The van der Waals surface area contributed by atoms with Crippen molar-refractivity contribution in [3.8, 4) is 5.88 Å². The number of hydrogen-bond donors (Lipinski definition) is 1. The molecule has 0 bridgehead atoms. The van der Waals surface area contributed by atoms with Crippen LogP contribution in [0.15, 0.2) is 0 Å². The summed E-state index contributed by atoms with van der Waals surface area (Å²) >= 11 is 0. The number of carboxylic acid groups (broad SMARTS) is 1. The predicted molar refractivity (Wildman–Crippen MR) is 49.7 cm³/mol. The monoisotopic (exact) mass is 196 g/mol. The lowest BCUT2D eigenvalue weighted by molar-refractivity contribution is 0.0691. The Morgan fingerprint density at radius 1 is 1.50 bits per heavy atom. The Hall–Kier alpha value is -1.65. The van der Waals surface area contributed by atoms with Gasteiger partial charge in [0.15, 0.2) is 0 Å². The quantitative estimate of drug-likeness (QED) is 0.782. The molecule has 1 aromatic heterocycles. The molecular weight excluding hydrogens is 184 g/mol. The number of nitrogens with zero attached hydrogens (tertiary/aromatic N) is 2. The molecule has 14 heavy (non-hydrogen) atoms. The number of aryl methyl sites for hydroxylation is 2. The highest BCUT2D eigenvalue weighted by Gasteiger charge is 2.17. The van der Waals surface area contributed by atoms with Crippen molar-refractivity contribution in [1.82, 2.24) is 9.97 Å². The summed E-state index contributed by atoms with van der Waals surface area (Å²) in [4.78, 5) is 18.9. The first-order valence-corrected chi connectivity index (χ1v) is 4.25. The summed E-state index contributed by atoms with van der Waals surface area (Å²) in [6.45, 7) is 3.53. The lowest BCUT2D eigenvalue weighted by Crippen LogP contribution is -2.09. The molecule has 1 aromatic rings. The molecule has 0 radical (unpaired) electrons. The first-order valence-electron chi connectivity index (χ1n) is 4.25. The summed E-state index contributed by atoms with van der Waals surface area (Å²) in [5.41, 5.74) is 0.464. The summed E-state index contributed by atoms with van der Waals surface area (Å²) in [6, 6.07) is 0. The van der Waals surface area contributed by atoms with Crippen LogP contribution in [0.3, 0.4) is 0 Å². The summed E-state index contributed by atoms with van der Waals surface area (Å²) in [6.07, 6.45) is 0.650. The van der Waals surface area contributed by atoms with Crippen LogP contribution in [-0.4, -0.2) is 28.2 Å². The summed E-state index contributed by atoms with van der Waals surface area (Å²) in [5, 5.41) is 8.88. The topological polar surface area (TPSA) is 72.3 Å². The third-order valence-corrected chi connectivity index (χ3v) is 1.83. The molecule has 0 fully saturated rings. The van der Waals surface area contributed by atoms with Gasteiger partial charge in [0.05, 0.1) is 12.8 Å². The van der Waals surface area contributed by atoms with E-state index in [1.807, 2.05) is 6.92 Å². The largest absolute Gasteiger partial charge is 0.480 e. The van der Waals surface area contributed by atoms with E-state index in [2.05, 4.69) is 9.97 Å². The molecule has 0 saturated carbocycles. The van der Waals surface area contributed by atoms with Crippen molar-refractivity contribution >= 4 is 5.97 Å². The molecule has 0 unspecified atom stereocenters. The minimum Gasteiger partial charge on any atom is -0.480 e. The zero-order valence-corrected chi connectivity index (χ0v) is 8.37. The zero-order valence-electron chi connectivity index (χ0n) is 8.37. The van der Waals surface area contributed by atoms with Crippen molar-refractivity contribution < 1.29 is 14.6 Å². The van der Waals surface area contributed by atoms with Crippen LogP contribution in [-0.2, 0) is 6.42 Å². The number of aromatic nitrogens is 2. The maximum Gasteiger partial charge on any atom is 0.343 e. The highest BCUT2D eigenvalue weighted by atomic mass is 16.5. The van der Waals surface area contributed by atoms with Crippen LogP contribution in [0.5, 0.6) is 5.88 Å². The Morgan fingerprint density at radius 3 is 2.57 bits per heavy atom. The average molecular weight is 196 g/mol. The molecule has 0 aromatic carbocycles. The first-order chi connectivity index (χ1) is 6.60. The molecule has 0 aliphatic carbocycles. The van der Waals surface area contributed by atoms with Gasteiger partial charge in [-0.1, -0.05) is 6.92 Å². The molecule has 0 atom stereocenters. The van der Waals surface area contributed by atoms with Crippen LogP contribution in [0.4, 0.5) is 0 Å². The number of methoxy groups -OCH3 is 1. The van der Waals surface area contributed by atoms with Crippen molar-refractivity contribution in [2.45, 2.75) is 20.3 Å². The van der Waals surface area contributed by atoms with E-state index in [4.69, 9.17) is 9.84 Å². The summed E-state index contributed by atoms with van der Waals surface area (Å²) in [5.74, 6) is -0.354. The minimum absolute atomic E-state index is 0.0321. The second-order valence-electron chi connectivity index (χ2n) is 2.77. The molecule has 5 heteroatoms. The Balaban J connectivity index is 3.34. The van der Waals surface area contributed by atoms with Crippen LogP contribution in [0.25, 0.3) is 0 Å². The van der Waals surface area contributed by atoms with E-state index < -0.39 is 5.97 Å². The highest BCUT2D eigenvalue weighted by molar-refractivity contribution is 5.91. The number of ether oxygens (including phenoxy) is 1. The lowest BCUT2D eigenvalue weighted by atomic mass is 10.2. The van der Waals surface area contributed by atoms with Crippen molar-refractivity contribution in [3.63, 3.8) is 0 Å².